The Hall–Kier alpha value is -0.980. The topological polar surface area (TPSA) is 37.4 Å². The van der Waals surface area contributed by atoms with Gasteiger partial charge in [0.15, 0.2) is 0 Å². The second-order valence-electron chi connectivity index (χ2n) is 4.53. The SMILES string of the molecule is CN1C(=O)Cc2cc(C(=O)c3cc(Br)c(Br)s3)ccc21. The van der Waals surface area contributed by atoms with E-state index in [1.165, 1.54) is 11.3 Å². The van der Waals surface area contributed by atoms with Crippen molar-refractivity contribution in [2.45, 2.75) is 6.42 Å². The molecule has 1 aliphatic heterocycles. The fraction of sp³-hybridized carbons (Fsp3) is 0.143. The van der Waals surface area contributed by atoms with Crippen molar-refractivity contribution in [2.75, 3.05) is 11.9 Å². The normalized spacial score (nSPS) is 13.8. The van der Waals surface area contributed by atoms with E-state index in [2.05, 4.69) is 31.9 Å². The van der Waals surface area contributed by atoms with E-state index >= 15 is 0 Å². The summed E-state index contributed by atoms with van der Waals surface area (Å²) in [5, 5.41) is 0. The maximum Gasteiger partial charge on any atom is 0.231 e. The fourth-order valence-electron chi connectivity index (χ4n) is 2.21. The lowest BCUT2D eigenvalue weighted by molar-refractivity contribution is -0.117. The Balaban J connectivity index is 1.98. The Kier molecular flexibility index (Phi) is 3.56. The molecule has 0 saturated heterocycles. The Bertz CT molecular complexity index is 719. The van der Waals surface area contributed by atoms with E-state index in [1.54, 1.807) is 18.0 Å². The van der Waals surface area contributed by atoms with E-state index in [-0.39, 0.29) is 11.7 Å². The molecule has 1 aromatic heterocycles. The van der Waals surface area contributed by atoms with Crippen molar-refractivity contribution in [1.82, 2.24) is 0 Å². The molecule has 0 spiro atoms. The summed E-state index contributed by atoms with van der Waals surface area (Å²) >= 11 is 8.17. The van der Waals surface area contributed by atoms with Crippen LogP contribution in [0.1, 0.15) is 20.8 Å². The van der Waals surface area contributed by atoms with Gasteiger partial charge in [0.05, 0.1) is 15.1 Å². The van der Waals surface area contributed by atoms with E-state index < -0.39 is 0 Å². The fourth-order valence-corrected chi connectivity index (χ4v) is 4.21. The number of carbonyl (C=O) groups excluding carboxylic acids is 2. The molecule has 1 aromatic carbocycles. The number of hydrogen-bond donors (Lipinski definition) is 0. The lowest BCUT2D eigenvalue weighted by atomic mass is 10.0. The molecule has 0 aliphatic carbocycles. The van der Waals surface area contributed by atoms with Gasteiger partial charge in [0.1, 0.15) is 0 Å². The molecule has 20 heavy (non-hydrogen) atoms. The number of hydrogen-bond acceptors (Lipinski definition) is 3. The van der Waals surface area contributed by atoms with Crippen molar-refractivity contribution in [3.63, 3.8) is 0 Å². The Labute approximate surface area is 136 Å². The van der Waals surface area contributed by atoms with Crippen molar-refractivity contribution in [3.8, 4) is 0 Å². The van der Waals surface area contributed by atoms with Crippen molar-refractivity contribution in [2.24, 2.45) is 0 Å². The van der Waals surface area contributed by atoms with Crippen LogP contribution in [0.25, 0.3) is 0 Å². The first-order valence-electron chi connectivity index (χ1n) is 5.86. The number of likely N-dealkylation sites (N-methyl/N-ethyl adjacent to an activating group) is 1. The minimum absolute atomic E-state index is 0.0220. The van der Waals surface area contributed by atoms with Crippen LogP contribution in [-0.2, 0) is 11.2 Å². The molecular formula is C14H9Br2NO2S. The number of anilines is 1. The summed E-state index contributed by atoms with van der Waals surface area (Å²) in [5.74, 6) is 0.0393. The summed E-state index contributed by atoms with van der Waals surface area (Å²) in [6.45, 7) is 0. The maximum atomic E-state index is 12.4. The molecule has 1 aliphatic rings. The number of ketones is 1. The van der Waals surface area contributed by atoms with Gasteiger partial charge in [-0.1, -0.05) is 0 Å². The maximum absolute atomic E-state index is 12.4. The van der Waals surface area contributed by atoms with Gasteiger partial charge in [0.2, 0.25) is 11.7 Å². The van der Waals surface area contributed by atoms with Crippen molar-refractivity contribution in [3.05, 3.63) is 48.5 Å². The van der Waals surface area contributed by atoms with Gasteiger partial charge in [-0.25, -0.2) is 0 Å². The first-order valence-corrected chi connectivity index (χ1v) is 8.26. The van der Waals surface area contributed by atoms with Gasteiger partial charge in [-0.15, -0.1) is 11.3 Å². The highest BCUT2D eigenvalue weighted by Crippen LogP contribution is 2.34. The summed E-state index contributed by atoms with van der Waals surface area (Å²) in [6.07, 6.45) is 0.366. The van der Waals surface area contributed by atoms with Crippen molar-refractivity contribution < 1.29 is 9.59 Å². The standard InChI is InChI=1S/C14H9Br2NO2S/c1-17-10-3-2-7(4-8(10)5-12(17)18)13(19)11-6-9(15)14(16)20-11/h2-4,6H,5H2,1H3. The zero-order valence-electron chi connectivity index (χ0n) is 10.4. The van der Waals surface area contributed by atoms with E-state index in [0.29, 0.717) is 16.9 Å². The average Bonchev–Trinajstić information content (AvgIpc) is 2.90. The van der Waals surface area contributed by atoms with Crippen LogP contribution in [-0.4, -0.2) is 18.7 Å². The zero-order valence-corrected chi connectivity index (χ0v) is 14.4. The highest BCUT2D eigenvalue weighted by atomic mass is 79.9. The monoisotopic (exact) mass is 413 g/mol. The van der Waals surface area contributed by atoms with Crippen molar-refractivity contribution >= 4 is 60.6 Å². The Morgan fingerprint density at radius 2 is 2.05 bits per heavy atom. The minimum Gasteiger partial charge on any atom is -0.315 e. The molecule has 0 fully saturated rings. The quantitative estimate of drug-likeness (QED) is 0.696. The predicted molar refractivity (Wildman–Crippen MR) is 86.7 cm³/mol. The number of benzene rings is 1. The van der Waals surface area contributed by atoms with Crippen LogP contribution < -0.4 is 4.90 Å². The lowest BCUT2D eigenvalue weighted by Gasteiger charge is -2.09. The minimum atomic E-state index is -0.0220. The molecule has 0 N–H and O–H groups in total. The molecule has 2 heterocycles. The summed E-state index contributed by atoms with van der Waals surface area (Å²) < 4.78 is 1.78. The van der Waals surface area contributed by atoms with Gasteiger partial charge in [-0.2, -0.15) is 0 Å². The molecule has 3 rings (SSSR count). The molecular weight excluding hydrogens is 406 g/mol. The number of carbonyl (C=O) groups is 2. The molecule has 0 atom stereocenters. The number of halogens is 2. The molecule has 3 nitrogen and oxygen atoms in total. The number of thiophene rings is 1. The molecule has 0 radical (unpaired) electrons. The van der Waals surface area contributed by atoms with Gasteiger partial charge in [-0.3, -0.25) is 9.59 Å². The molecule has 0 saturated carbocycles. The van der Waals surface area contributed by atoms with Crippen LogP contribution in [0.15, 0.2) is 32.5 Å². The lowest BCUT2D eigenvalue weighted by Crippen LogP contribution is -2.20. The van der Waals surface area contributed by atoms with Crippen LogP contribution in [0.5, 0.6) is 0 Å². The van der Waals surface area contributed by atoms with E-state index in [9.17, 15) is 9.59 Å². The molecule has 2 aromatic rings. The highest BCUT2D eigenvalue weighted by Gasteiger charge is 2.25. The van der Waals surface area contributed by atoms with Gasteiger partial charge >= 0.3 is 0 Å². The number of fused-ring (bicyclic) bond motifs is 1. The second kappa shape index (κ2) is 5.09. The molecule has 1 amide bonds. The Morgan fingerprint density at radius 1 is 1.30 bits per heavy atom. The summed E-state index contributed by atoms with van der Waals surface area (Å²) in [5.41, 5.74) is 2.42. The molecule has 102 valence electrons. The van der Waals surface area contributed by atoms with E-state index in [4.69, 9.17) is 0 Å². The second-order valence-corrected chi connectivity index (χ2v) is 7.76. The van der Waals surface area contributed by atoms with Crippen LogP contribution in [0.4, 0.5) is 5.69 Å². The van der Waals surface area contributed by atoms with Crippen LogP contribution in [0.3, 0.4) is 0 Å². The summed E-state index contributed by atoms with van der Waals surface area (Å²) in [7, 11) is 1.75. The smallest absolute Gasteiger partial charge is 0.231 e. The predicted octanol–water partition coefficient (Wildman–Crippen LogP) is 4.02. The third-order valence-corrected chi connectivity index (χ3v) is 6.54. The van der Waals surface area contributed by atoms with Crippen LogP contribution >= 0.6 is 43.2 Å². The number of amides is 1. The van der Waals surface area contributed by atoms with Crippen LogP contribution in [0, 0.1) is 0 Å². The first-order chi connectivity index (χ1) is 9.47. The van der Waals surface area contributed by atoms with Gasteiger partial charge in [0, 0.05) is 22.8 Å². The van der Waals surface area contributed by atoms with Crippen molar-refractivity contribution in [1.29, 1.82) is 0 Å². The average molecular weight is 415 g/mol. The first kappa shape index (κ1) is 14.0. The summed E-state index contributed by atoms with van der Waals surface area (Å²) in [4.78, 5) is 26.4. The van der Waals surface area contributed by atoms with Crippen LogP contribution in [0.2, 0.25) is 0 Å². The molecule has 0 bridgehead atoms. The largest absolute Gasteiger partial charge is 0.315 e. The van der Waals surface area contributed by atoms with E-state index in [1.807, 2.05) is 18.2 Å². The summed E-state index contributed by atoms with van der Waals surface area (Å²) in [6, 6.07) is 7.24. The van der Waals surface area contributed by atoms with Gasteiger partial charge in [-0.05, 0) is 61.7 Å². The van der Waals surface area contributed by atoms with E-state index in [0.717, 1.165) is 19.5 Å². The zero-order chi connectivity index (χ0) is 14.4. The highest BCUT2D eigenvalue weighted by molar-refractivity contribution is 9.13. The Morgan fingerprint density at radius 3 is 2.70 bits per heavy atom. The molecule has 0 unspecified atom stereocenters. The van der Waals surface area contributed by atoms with Gasteiger partial charge in [0.25, 0.3) is 0 Å². The third kappa shape index (κ3) is 2.25. The third-order valence-electron chi connectivity index (χ3n) is 3.29. The van der Waals surface area contributed by atoms with Gasteiger partial charge < -0.3 is 4.90 Å². The number of nitrogens with zero attached hydrogens (tertiary/aromatic N) is 1. The molecule has 6 heteroatoms. The number of rotatable bonds is 2.